The van der Waals surface area contributed by atoms with Crippen molar-refractivity contribution in [3.05, 3.63) is 70.1 Å². The van der Waals surface area contributed by atoms with E-state index in [0.29, 0.717) is 5.01 Å². The van der Waals surface area contributed by atoms with Crippen molar-refractivity contribution in [3.63, 3.8) is 0 Å². The molecule has 0 aliphatic carbocycles. The van der Waals surface area contributed by atoms with Gasteiger partial charge in [-0.2, -0.15) is 17.4 Å². The number of hydrogen-bond acceptors (Lipinski definition) is 5. The number of nitrogens with one attached hydrogen (secondary N) is 2. The molecule has 1 amide bonds. The molecule has 0 radical (unpaired) electrons. The van der Waals surface area contributed by atoms with Crippen LogP contribution in [0.2, 0.25) is 5.02 Å². The molecule has 0 unspecified atom stereocenters. The van der Waals surface area contributed by atoms with Gasteiger partial charge < -0.3 is 5.32 Å². The largest absolute Gasteiger partial charge is 0.325 e. The minimum Gasteiger partial charge on any atom is -0.325 e. The molecule has 1 fully saturated rings. The number of carbonyl (C=O) groups excluding carboxylic acids is 1. The maximum Gasteiger partial charge on any atom is 0.280 e. The summed E-state index contributed by atoms with van der Waals surface area (Å²) >= 11 is 7.15. The van der Waals surface area contributed by atoms with Crippen molar-refractivity contribution < 1.29 is 17.6 Å². The van der Waals surface area contributed by atoms with Crippen LogP contribution < -0.4 is 10.0 Å². The Morgan fingerprint density at radius 3 is 2.69 bits per heavy atom. The highest BCUT2D eigenvalue weighted by Crippen LogP contribution is 2.34. The van der Waals surface area contributed by atoms with Gasteiger partial charge in [-0.05, 0) is 37.1 Å². The molecule has 2 N–H and O–H groups in total. The van der Waals surface area contributed by atoms with Gasteiger partial charge in [-0.15, -0.1) is 11.3 Å². The molecule has 3 aromatic rings. The molecule has 1 aromatic heterocycles. The summed E-state index contributed by atoms with van der Waals surface area (Å²) in [6.07, 6.45) is 1.88. The molecular weight excluding hydrogens is 475 g/mol. The Bertz CT molecular complexity index is 1260. The number of aromatic nitrogens is 1. The molecule has 1 aliphatic rings. The van der Waals surface area contributed by atoms with Gasteiger partial charge in [0.05, 0.1) is 15.9 Å². The van der Waals surface area contributed by atoms with Gasteiger partial charge in [0.25, 0.3) is 10.2 Å². The molecule has 2 atom stereocenters. The maximum atomic E-state index is 13.4. The summed E-state index contributed by atoms with van der Waals surface area (Å²) in [6, 6.07) is 10.1. The molecule has 168 valence electrons. The second kappa shape index (κ2) is 8.87. The van der Waals surface area contributed by atoms with Crippen LogP contribution in [0.3, 0.4) is 0 Å². The summed E-state index contributed by atoms with van der Waals surface area (Å²) in [4.78, 5) is 18.2. The molecule has 4 rings (SSSR count). The average molecular weight is 495 g/mol. The number of carbonyl (C=O) groups is 1. The fraction of sp³-hybridized carbons (Fsp3) is 0.238. The van der Waals surface area contributed by atoms with E-state index >= 15 is 0 Å². The van der Waals surface area contributed by atoms with Gasteiger partial charge in [0.2, 0.25) is 5.91 Å². The van der Waals surface area contributed by atoms with Crippen LogP contribution in [0.1, 0.15) is 23.0 Å². The lowest BCUT2D eigenvalue weighted by molar-refractivity contribution is -0.120. The molecule has 0 spiro atoms. The van der Waals surface area contributed by atoms with E-state index in [1.165, 1.54) is 30.5 Å². The summed E-state index contributed by atoms with van der Waals surface area (Å²) in [5.74, 6) is -1.15. The van der Waals surface area contributed by atoms with E-state index < -0.39 is 34.0 Å². The number of benzene rings is 2. The van der Waals surface area contributed by atoms with Gasteiger partial charge in [0, 0.05) is 18.9 Å². The quantitative estimate of drug-likeness (QED) is 0.570. The molecular formula is C21H20ClFN4O3S2. The molecule has 32 heavy (non-hydrogen) atoms. The van der Waals surface area contributed by atoms with E-state index in [0.717, 1.165) is 26.4 Å². The Kier molecular flexibility index (Phi) is 6.33. The van der Waals surface area contributed by atoms with Crippen LogP contribution in [0.15, 0.2) is 48.7 Å². The third-order valence-electron chi connectivity index (χ3n) is 5.22. The number of aryl methyl sites for hydroxylation is 1. The SMILES string of the molecule is Cc1ccc(-c2cnc([C@H]3C[C@@H](C(=O)Nc4ccc(F)c(Cl)c4)N(C)S(=O)(=O)N3)s2)cc1. The molecule has 1 saturated heterocycles. The Morgan fingerprint density at radius 2 is 2.00 bits per heavy atom. The van der Waals surface area contributed by atoms with E-state index in [4.69, 9.17) is 11.6 Å². The van der Waals surface area contributed by atoms with Crippen LogP contribution in [0.25, 0.3) is 10.4 Å². The van der Waals surface area contributed by atoms with Crippen LogP contribution in [-0.2, 0) is 15.0 Å². The topological polar surface area (TPSA) is 91.4 Å². The van der Waals surface area contributed by atoms with Gasteiger partial charge in [-0.1, -0.05) is 41.4 Å². The lowest BCUT2D eigenvalue weighted by Crippen LogP contribution is -2.55. The van der Waals surface area contributed by atoms with Gasteiger partial charge in [-0.3, -0.25) is 4.79 Å². The first-order valence-corrected chi connectivity index (χ1v) is 12.3. The second-order valence-corrected chi connectivity index (χ2v) is 10.7. The summed E-state index contributed by atoms with van der Waals surface area (Å²) < 4.78 is 42.3. The van der Waals surface area contributed by atoms with Crippen molar-refractivity contribution in [2.24, 2.45) is 0 Å². The highest BCUT2D eigenvalue weighted by atomic mass is 35.5. The van der Waals surface area contributed by atoms with Crippen molar-refractivity contribution in [2.45, 2.75) is 25.4 Å². The Labute approximate surface area is 194 Å². The molecule has 1 aliphatic heterocycles. The van der Waals surface area contributed by atoms with Gasteiger partial charge in [0.1, 0.15) is 16.9 Å². The van der Waals surface area contributed by atoms with Gasteiger partial charge in [-0.25, -0.2) is 9.37 Å². The number of likely N-dealkylation sites (N-methyl/N-ethyl adjacent to an activating group) is 1. The third kappa shape index (κ3) is 4.69. The lowest BCUT2D eigenvalue weighted by Gasteiger charge is -2.35. The first-order valence-electron chi connectivity index (χ1n) is 9.68. The summed E-state index contributed by atoms with van der Waals surface area (Å²) in [6.45, 7) is 2.00. The maximum absolute atomic E-state index is 13.4. The van der Waals surface area contributed by atoms with E-state index in [1.807, 2.05) is 31.2 Å². The summed E-state index contributed by atoms with van der Waals surface area (Å²) in [7, 11) is -2.58. The van der Waals surface area contributed by atoms with Crippen LogP contribution in [0, 0.1) is 12.7 Å². The Hall–Kier alpha value is -2.37. The number of hydrogen-bond donors (Lipinski definition) is 2. The zero-order valence-electron chi connectivity index (χ0n) is 17.2. The minimum atomic E-state index is -3.92. The smallest absolute Gasteiger partial charge is 0.280 e. The minimum absolute atomic E-state index is 0.140. The summed E-state index contributed by atoms with van der Waals surface area (Å²) in [5.41, 5.74) is 2.40. The fourth-order valence-corrected chi connectivity index (χ4v) is 5.87. The Morgan fingerprint density at radius 1 is 1.28 bits per heavy atom. The number of anilines is 1. The van der Waals surface area contributed by atoms with Gasteiger partial charge in [0.15, 0.2) is 0 Å². The fourth-order valence-electron chi connectivity index (χ4n) is 3.37. The van der Waals surface area contributed by atoms with Crippen molar-refractivity contribution >= 4 is 44.7 Å². The molecule has 7 nitrogen and oxygen atoms in total. The van der Waals surface area contributed by atoms with E-state index in [9.17, 15) is 17.6 Å². The van der Waals surface area contributed by atoms with Crippen LogP contribution in [0.5, 0.6) is 0 Å². The number of rotatable bonds is 4. The number of nitrogens with zero attached hydrogens (tertiary/aromatic N) is 2. The van der Waals surface area contributed by atoms with Crippen molar-refractivity contribution in [1.82, 2.24) is 14.0 Å². The van der Waals surface area contributed by atoms with Crippen molar-refractivity contribution in [2.75, 3.05) is 12.4 Å². The molecule has 0 saturated carbocycles. The summed E-state index contributed by atoms with van der Waals surface area (Å²) in [5, 5.41) is 3.04. The molecule has 11 heteroatoms. The van der Waals surface area contributed by atoms with Crippen molar-refractivity contribution in [3.8, 4) is 10.4 Å². The average Bonchev–Trinajstić information content (AvgIpc) is 3.23. The highest BCUT2D eigenvalue weighted by molar-refractivity contribution is 7.87. The number of halogens is 2. The second-order valence-electron chi connectivity index (χ2n) is 7.49. The highest BCUT2D eigenvalue weighted by Gasteiger charge is 2.41. The predicted octanol–water partition coefficient (Wildman–Crippen LogP) is 4.13. The van der Waals surface area contributed by atoms with Crippen LogP contribution in [0.4, 0.5) is 10.1 Å². The predicted molar refractivity (Wildman–Crippen MR) is 123 cm³/mol. The zero-order chi connectivity index (χ0) is 23.0. The first kappa shape index (κ1) is 22.8. The molecule has 0 bridgehead atoms. The number of thiazole rings is 1. The third-order valence-corrected chi connectivity index (χ3v) is 8.26. The standard InChI is InChI=1S/C21H20ClFN4O3S2/c1-12-3-5-13(6-4-12)19-11-24-21(31-19)17-10-18(27(2)32(29,30)26-17)20(28)25-14-7-8-16(23)15(22)9-14/h3-9,11,17-18,26H,10H2,1-2H3,(H,25,28)/t17-,18+/m1/s1. The van der Waals surface area contributed by atoms with Crippen LogP contribution in [-0.4, -0.2) is 36.7 Å². The normalized spacial score (nSPS) is 20.8. The molecule has 2 aromatic carbocycles. The van der Waals surface area contributed by atoms with E-state index in [1.54, 1.807) is 6.20 Å². The van der Waals surface area contributed by atoms with E-state index in [-0.39, 0.29) is 17.1 Å². The van der Waals surface area contributed by atoms with Crippen LogP contribution >= 0.6 is 22.9 Å². The monoisotopic (exact) mass is 494 g/mol. The lowest BCUT2D eigenvalue weighted by atomic mass is 10.1. The van der Waals surface area contributed by atoms with Crippen molar-refractivity contribution in [1.29, 1.82) is 0 Å². The zero-order valence-corrected chi connectivity index (χ0v) is 19.6. The number of amides is 1. The van der Waals surface area contributed by atoms with Gasteiger partial charge >= 0.3 is 0 Å². The first-order chi connectivity index (χ1) is 15.1. The van der Waals surface area contributed by atoms with E-state index in [2.05, 4.69) is 15.0 Å². The molecule has 2 heterocycles. The Balaban J connectivity index is 1.56.